The minimum Gasteiger partial charge on any atom is -0.480 e. The second-order valence-electron chi connectivity index (χ2n) is 5.48. The molecular weight excluding hydrogens is 288 g/mol. The second-order valence-corrected chi connectivity index (χ2v) is 6.63. The maximum atomic E-state index is 12.5. The number of pyridine rings is 1. The molecule has 1 saturated heterocycles. The average molecular weight is 308 g/mol. The maximum absolute atomic E-state index is 12.5. The molecule has 21 heavy (non-hydrogen) atoms. The Morgan fingerprint density at radius 1 is 1.43 bits per heavy atom. The average Bonchev–Trinajstić information content (AvgIpc) is 2.91. The summed E-state index contributed by atoms with van der Waals surface area (Å²) < 4.78 is 0. The number of carbonyl (C=O) groups is 2. The minimum absolute atomic E-state index is 0.0453. The Kier molecular flexibility index (Phi) is 5.22. The first kappa shape index (κ1) is 15.8. The van der Waals surface area contributed by atoms with Gasteiger partial charge in [-0.15, -0.1) is 11.8 Å². The van der Waals surface area contributed by atoms with Crippen molar-refractivity contribution in [3.8, 4) is 0 Å². The third kappa shape index (κ3) is 3.75. The van der Waals surface area contributed by atoms with Crippen molar-refractivity contribution in [1.82, 2.24) is 9.88 Å². The fraction of sp³-hybridized carbons (Fsp3) is 0.533. The molecule has 0 saturated carbocycles. The lowest BCUT2D eigenvalue weighted by molar-refractivity contribution is -0.149. The number of carboxylic acid groups (broad SMARTS) is 1. The van der Waals surface area contributed by atoms with Crippen molar-refractivity contribution >= 4 is 23.6 Å². The van der Waals surface area contributed by atoms with Crippen molar-refractivity contribution in [2.24, 2.45) is 5.92 Å². The fourth-order valence-corrected chi connectivity index (χ4v) is 3.97. The zero-order valence-corrected chi connectivity index (χ0v) is 13.0. The van der Waals surface area contributed by atoms with Crippen LogP contribution in [0.2, 0.25) is 0 Å². The first-order valence-corrected chi connectivity index (χ1v) is 8.10. The van der Waals surface area contributed by atoms with E-state index >= 15 is 0 Å². The van der Waals surface area contributed by atoms with Crippen LogP contribution in [-0.4, -0.2) is 44.0 Å². The van der Waals surface area contributed by atoms with Gasteiger partial charge in [0.15, 0.2) is 0 Å². The quantitative estimate of drug-likeness (QED) is 0.901. The minimum atomic E-state index is -0.914. The van der Waals surface area contributed by atoms with Gasteiger partial charge in [0.2, 0.25) is 5.91 Å². The normalized spacial score (nSPS) is 21.8. The van der Waals surface area contributed by atoms with Crippen molar-refractivity contribution < 1.29 is 14.7 Å². The molecule has 0 bridgehead atoms. The first-order chi connectivity index (χ1) is 10.0. The topological polar surface area (TPSA) is 70.5 Å². The van der Waals surface area contributed by atoms with Gasteiger partial charge in [-0.25, -0.2) is 4.79 Å². The molecule has 0 aliphatic carbocycles. The third-order valence-corrected chi connectivity index (χ3v) is 5.18. The predicted molar refractivity (Wildman–Crippen MR) is 81.9 cm³/mol. The van der Waals surface area contributed by atoms with Crippen LogP contribution in [0.5, 0.6) is 0 Å². The van der Waals surface area contributed by atoms with Crippen molar-refractivity contribution in [2.75, 3.05) is 5.75 Å². The van der Waals surface area contributed by atoms with Gasteiger partial charge in [0, 0.05) is 24.6 Å². The van der Waals surface area contributed by atoms with Crippen LogP contribution in [0.25, 0.3) is 0 Å². The Balaban J connectivity index is 2.05. The molecule has 6 heteroatoms. The summed E-state index contributed by atoms with van der Waals surface area (Å²) in [7, 11) is 0. The predicted octanol–water partition coefficient (Wildman–Crippen LogP) is 2.02. The number of carbonyl (C=O) groups excluding carboxylic acids is 1. The molecule has 2 unspecified atom stereocenters. The number of carboxylic acids is 1. The summed E-state index contributed by atoms with van der Waals surface area (Å²) in [6, 6.07) is 3.05. The Morgan fingerprint density at radius 2 is 2.10 bits per heavy atom. The van der Waals surface area contributed by atoms with E-state index in [0.717, 1.165) is 5.56 Å². The zero-order valence-electron chi connectivity index (χ0n) is 12.2. The summed E-state index contributed by atoms with van der Waals surface area (Å²) in [6.07, 6.45) is 4.34. The number of thioether (sulfide) groups is 1. The lowest BCUT2D eigenvalue weighted by Gasteiger charge is -2.29. The Labute approximate surface area is 128 Å². The van der Waals surface area contributed by atoms with E-state index in [1.165, 1.54) is 0 Å². The number of aliphatic carboxylic acids is 1. The van der Waals surface area contributed by atoms with Crippen LogP contribution in [0.1, 0.15) is 25.8 Å². The Bertz CT molecular complexity index is 507. The van der Waals surface area contributed by atoms with Crippen molar-refractivity contribution in [3.05, 3.63) is 30.1 Å². The summed E-state index contributed by atoms with van der Waals surface area (Å²) in [5.74, 6) is -0.283. The number of hydrogen-bond acceptors (Lipinski definition) is 4. The highest BCUT2D eigenvalue weighted by molar-refractivity contribution is 8.00. The number of hydrogen-bond donors (Lipinski definition) is 1. The van der Waals surface area contributed by atoms with E-state index in [-0.39, 0.29) is 17.2 Å². The molecule has 1 fully saturated rings. The highest BCUT2D eigenvalue weighted by Gasteiger charge is 2.42. The lowest BCUT2D eigenvalue weighted by atomic mass is 10.1. The van der Waals surface area contributed by atoms with Crippen LogP contribution in [0, 0.1) is 5.92 Å². The number of aromatic nitrogens is 1. The largest absolute Gasteiger partial charge is 0.480 e. The van der Waals surface area contributed by atoms with Gasteiger partial charge in [-0.1, -0.05) is 13.8 Å². The van der Waals surface area contributed by atoms with Crippen LogP contribution in [0.4, 0.5) is 0 Å². The molecule has 0 aromatic carbocycles. The van der Waals surface area contributed by atoms with Gasteiger partial charge in [0.05, 0.1) is 5.37 Å². The zero-order chi connectivity index (χ0) is 15.4. The standard InChI is InChI=1S/C15H20N2O3S/c1-10(2)14-17(12(9-21-14)15(19)20)13(18)4-3-11-5-7-16-8-6-11/h5-8,10,12,14H,3-4,9H2,1-2H3,(H,19,20). The molecule has 1 aromatic heterocycles. The second kappa shape index (κ2) is 6.93. The van der Waals surface area contributed by atoms with E-state index < -0.39 is 12.0 Å². The van der Waals surface area contributed by atoms with E-state index in [4.69, 9.17) is 0 Å². The van der Waals surface area contributed by atoms with E-state index in [0.29, 0.717) is 18.6 Å². The van der Waals surface area contributed by atoms with Gasteiger partial charge in [0.25, 0.3) is 0 Å². The van der Waals surface area contributed by atoms with Gasteiger partial charge in [-0.3, -0.25) is 9.78 Å². The molecule has 2 heterocycles. The molecule has 2 atom stereocenters. The summed E-state index contributed by atoms with van der Waals surface area (Å²) in [6.45, 7) is 4.04. The molecule has 1 amide bonds. The highest BCUT2D eigenvalue weighted by Crippen LogP contribution is 2.34. The molecule has 114 valence electrons. The number of nitrogens with zero attached hydrogens (tertiary/aromatic N) is 2. The van der Waals surface area contributed by atoms with Crippen molar-refractivity contribution in [1.29, 1.82) is 0 Å². The number of rotatable bonds is 5. The smallest absolute Gasteiger partial charge is 0.327 e. The van der Waals surface area contributed by atoms with Gasteiger partial charge in [0.1, 0.15) is 6.04 Å². The van der Waals surface area contributed by atoms with Crippen LogP contribution < -0.4 is 0 Å². The molecule has 1 N–H and O–H groups in total. The van der Waals surface area contributed by atoms with Crippen LogP contribution >= 0.6 is 11.8 Å². The van der Waals surface area contributed by atoms with Crippen LogP contribution in [-0.2, 0) is 16.0 Å². The lowest BCUT2D eigenvalue weighted by Crippen LogP contribution is -2.47. The molecule has 2 rings (SSSR count). The van der Waals surface area contributed by atoms with E-state index in [1.54, 1.807) is 29.1 Å². The monoisotopic (exact) mass is 308 g/mol. The van der Waals surface area contributed by atoms with Crippen molar-refractivity contribution in [2.45, 2.75) is 38.1 Å². The number of aryl methyl sites for hydroxylation is 1. The molecule has 1 aliphatic heterocycles. The summed E-state index contributed by atoms with van der Waals surface area (Å²) >= 11 is 1.56. The van der Waals surface area contributed by atoms with Crippen LogP contribution in [0.3, 0.4) is 0 Å². The summed E-state index contributed by atoms with van der Waals surface area (Å²) in [4.78, 5) is 29.3. The van der Waals surface area contributed by atoms with E-state index in [2.05, 4.69) is 4.98 Å². The number of amides is 1. The summed E-state index contributed by atoms with van der Waals surface area (Å²) in [5, 5.41) is 9.26. The molecular formula is C15H20N2O3S. The SMILES string of the molecule is CC(C)C1SCC(C(=O)O)N1C(=O)CCc1ccncc1. The first-order valence-electron chi connectivity index (χ1n) is 7.05. The van der Waals surface area contributed by atoms with Gasteiger partial charge in [-0.05, 0) is 30.0 Å². The third-order valence-electron chi connectivity index (χ3n) is 3.56. The van der Waals surface area contributed by atoms with Gasteiger partial charge >= 0.3 is 5.97 Å². The fourth-order valence-electron chi connectivity index (χ4n) is 2.48. The molecule has 0 radical (unpaired) electrons. The molecule has 0 spiro atoms. The highest BCUT2D eigenvalue weighted by atomic mass is 32.2. The van der Waals surface area contributed by atoms with Crippen molar-refractivity contribution in [3.63, 3.8) is 0 Å². The molecule has 1 aromatic rings. The van der Waals surface area contributed by atoms with E-state index in [9.17, 15) is 14.7 Å². The Hall–Kier alpha value is -1.56. The molecule has 5 nitrogen and oxygen atoms in total. The van der Waals surface area contributed by atoms with E-state index in [1.807, 2.05) is 26.0 Å². The van der Waals surface area contributed by atoms with Gasteiger partial charge in [-0.2, -0.15) is 0 Å². The van der Waals surface area contributed by atoms with Crippen LogP contribution in [0.15, 0.2) is 24.5 Å². The van der Waals surface area contributed by atoms with Gasteiger partial charge < -0.3 is 10.0 Å². The Morgan fingerprint density at radius 3 is 2.67 bits per heavy atom. The summed E-state index contributed by atoms with van der Waals surface area (Å²) in [5.41, 5.74) is 1.04. The molecule has 1 aliphatic rings. The maximum Gasteiger partial charge on any atom is 0.327 e.